The molecule has 1 atom stereocenters. The van der Waals surface area contributed by atoms with Crippen LogP contribution in [0.4, 0.5) is 11.4 Å². The van der Waals surface area contributed by atoms with Gasteiger partial charge < -0.3 is 14.1 Å². The number of rotatable bonds is 9. The van der Waals surface area contributed by atoms with Crippen molar-refractivity contribution in [3.8, 4) is 5.75 Å². The van der Waals surface area contributed by atoms with Crippen LogP contribution in [0.1, 0.15) is 20.8 Å². The van der Waals surface area contributed by atoms with Crippen LogP contribution in [0.25, 0.3) is 0 Å². The Hall–Kier alpha value is -2.13. The molecule has 0 amide bonds. The van der Waals surface area contributed by atoms with Crippen LogP contribution in [0.5, 0.6) is 5.75 Å². The van der Waals surface area contributed by atoms with Gasteiger partial charge in [-0.25, -0.2) is 0 Å². The highest BCUT2D eigenvalue weighted by atomic mass is 35.5. The van der Waals surface area contributed by atoms with E-state index in [4.69, 9.17) is 20.8 Å². The van der Waals surface area contributed by atoms with E-state index >= 15 is 0 Å². The number of halogens is 1. The van der Waals surface area contributed by atoms with Crippen LogP contribution in [-0.4, -0.2) is 63.6 Å². The summed E-state index contributed by atoms with van der Waals surface area (Å²) in [4.78, 5) is 15.3. The van der Waals surface area contributed by atoms with Gasteiger partial charge in [0.2, 0.25) is 0 Å². The molecule has 0 bridgehead atoms. The number of nitro groups is 1. The van der Waals surface area contributed by atoms with Gasteiger partial charge in [0, 0.05) is 55.6 Å². The summed E-state index contributed by atoms with van der Waals surface area (Å²) in [5, 5.41) is 11.8. The van der Waals surface area contributed by atoms with Crippen molar-refractivity contribution in [1.29, 1.82) is 0 Å². The molecule has 1 saturated heterocycles. The first-order chi connectivity index (χ1) is 15.9. The lowest BCUT2D eigenvalue weighted by atomic mass is 10.2. The third-order valence-corrected chi connectivity index (χ3v) is 11.6. The molecule has 1 aliphatic heterocycles. The van der Waals surface area contributed by atoms with Crippen molar-refractivity contribution in [2.75, 3.05) is 44.2 Å². The van der Waals surface area contributed by atoms with Gasteiger partial charge in [-0.15, -0.1) is 0 Å². The van der Waals surface area contributed by atoms with E-state index in [0.717, 1.165) is 37.7 Å². The van der Waals surface area contributed by atoms with E-state index in [0.29, 0.717) is 12.4 Å². The van der Waals surface area contributed by atoms with Gasteiger partial charge >= 0.3 is 0 Å². The average molecular weight is 506 g/mol. The number of hydrogen-bond acceptors (Lipinski definition) is 6. The van der Waals surface area contributed by atoms with Crippen molar-refractivity contribution in [3.05, 3.63) is 63.7 Å². The summed E-state index contributed by atoms with van der Waals surface area (Å²) in [5.74, 6) is 0.613. The molecule has 0 aromatic heterocycles. The van der Waals surface area contributed by atoms with E-state index in [1.165, 1.54) is 17.8 Å². The Morgan fingerprint density at radius 1 is 1.03 bits per heavy atom. The summed E-state index contributed by atoms with van der Waals surface area (Å²) >= 11 is 6.03. The quantitative estimate of drug-likeness (QED) is 0.242. The smallest absolute Gasteiger partial charge is 0.269 e. The summed E-state index contributed by atoms with van der Waals surface area (Å²) in [6, 6.07) is 14.2. The molecule has 2 aromatic rings. The number of anilines is 1. The third-order valence-electron chi connectivity index (χ3n) is 6.78. The second-order valence-electron chi connectivity index (χ2n) is 10.3. The van der Waals surface area contributed by atoms with Crippen molar-refractivity contribution >= 4 is 31.3 Å². The zero-order valence-corrected chi connectivity index (χ0v) is 22.5. The predicted molar refractivity (Wildman–Crippen MR) is 141 cm³/mol. The van der Waals surface area contributed by atoms with E-state index in [9.17, 15) is 10.1 Å². The molecule has 0 N–H and O–H groups in total. The third kappa shape index (κ3) is 7.18. The molecule has 0 radical (unpaired) electrons. The highest BCUT2D eigenvalue weighted by molar-refractivity contribution is 6.74. The topological polar surface area (TPSA) is 68.1 Å². The summed E-state index contributed by atoms with van der Waals surface area (Å²) in [6.07, 6.45) is -0.0850. The number of nitrogens with zero attached hydrogens (tertiary/aromatic N) is 3. The molecule has 34 heavy (non-hydrogen) atoms. The van der Waals surface area contributed by atoms with E-state index in [-0.39, 0.29) is 16.8 Å². The van der Waals surface area contributed by atoms with Crippen molar-refractivity contribution in [2.45, 2.75) is 45.0 Å². The Morgan fingerprint density at radius 2 is 1.62 bits per heavy atom. The molecule has 0 unspecified atom stereocenters. The molecule has 1 aliphatic rings. The standard InChI is InChI=1S/C25H36ClN3O4Si/c1-25(2,3)34(4,5)33-24(19-32-23-12-10-22(11-13-23)29(30)31)18-27-14-16-28(17-15-27)21-8-6-20(26)7-9-21/h6-13,24H,14-19H2,1-5H3/t24-/m0/s1. The zero-order chi connectivity index (χ0) is 24.9. The van der Waals surface area contributed by atoms with E-state index in [1.54, 1.807) is 12.1 Å². The maximum atomic E-state index is 10.9. The molecule has 9 heteroatoms. The van der Waals surface area contributed by atoms with Crippen LogP contribution < -0.4 is 9.64 Å². The van der Waals surface area contributed by atoms with E-state index < -0.39 is 13.2 Å². The Morgan fingerprint density at radius 3 is 2.15 bits per heavy atom. The van der Waals surface area contributed by atoms with Crippen molar-refractivity contribution < 1.29 is 14.1 Å². The lowest BCUT2D eigenvalue weighted by Gasteiger charge is -2.42. The van der Waals surface area contributed by atoms with Gasteiger partial charge in [0.1, 0.15) is 12.4 Å². The number of non-ortho nitro benzene ring substituents is 1. The molecule has 2 aromatic carbocycles. The van der Waals surface area contributed by atoms with Crippen LogP contribution in [0.2, 0.25) is 23.2 Å². The van der Waals surface area contributed by atoms with E-state index in [1.807, 2.05) is 12.1 Å². The Bertz CT molecular complexity index is 940. The minimum absolute atomic E-state index is 0.0555. The number of nitro benzene ring substituents is 1. The van der Waals surface area contributed by atoms with Crippen LogP contribution in [0.3, 0.4) is 0 Å². The Labute approximate surface area is 208 Å². The lowest BCUT2D eigenvalue weighted by Crippen LogP contribution is -2.53. The maximum absolute atomic E-state index is 10.9. The van der Waals surface area contributed by atoms with Gasteiger partial charge in [0.05, 0.1) is 11.0 Å². The zero-order valence-electron chi connectivity index (χ0n) is 20.8. The molecule has 0 spiro atoms. The van der Waals surface area contributed by atoms with Gasteiger partial charge in [0.25, 0.3) is 5.69 Å². The summed E-state index contributed by atoms with van der Waals surface area (Å²) in [6.45, 7) is 16.2. The van der Waals surface area contributed by atoms with Crippen LogP contribution >= 0.6 is 11.6 Å². The first kappa shape index (κ1) is 26.5. The van der Waals surface area contributed by atoms with Crippen LogP contribution in [0, 0.1) is 10.1 Å². The number of ether oxygens (including phenoxy) is 1. The molecule has 186 valence electrons. The fourth-order valence-corrected chi connectivity index (χ4v) is 5.15. The number of piperazine rings is 1. The number of benzene rings is 2. The van der Waals surface area contributed by atoms with Gasteiger partial charge in [-0.2, -0.15) is 0 Å². The summed E-state index contributed by atoms with van der Waals surface area (Å²) in [7, 11) is -2.00. The molecule has 1 heterocycles. The normalized spacial score (nSPS) is 16.4. The second-order valence-corrected chi connectivity index (χ2v) is 15.5. The van der Waals surface area contributed by atoms with Crippen molar-refractivity contribution in [1.82, 2.24) is 4.90 Å². The largest absolute Gasteiger partial charge is 0.491 e. The minimum atomic E-state index is -2.00. The molecule has 0 saturated carbocycles. The van der Waals surface area contributed by atoms with Gasteiger partial charge in [-0.05, 0) is 54.5 Å². The van der Waals surface area contributed by atoms with Crippen LogP contribution in [-0.2, 0) is 4.43 Å². The molecule has 7 nitrogen and oxygen atoms in total. The average Bonchev–Trinajstić information content (AvgIpc) is 2.78. The SMILES string of the molecule is CC(C)(C)[Si](C)(C)O[C@H](COc1ccc([N+](=O)[O-])cc1)CN1CCN(c2ccc(Cl)cc2)CC1. The first-order valence-electron chi connectivity index (χ1n) is 11.7. The summed E-state index contributed by atoms with van der Waals surface area (Å²) < 4.78 is 12.8. The van der Waals surface area contributed by atoms with E-state index in [2.05, 4.69) is 55.8 Å². The molecule has 0 aliphatic carbocycles. The van der Waals surface area contributed by atoms with Crippen molar-refractivity contribution in [2.24, 2.45) is 0 Å². The van der Waals surface area contributed by atoms with Gasteiger partial charge in [-0.1, -0.05) is 32.4 Å². The second kappa shape index (κ2) is 11.1. The number of hydrogen-bond donors (Lipinski definition) is 0. The molecule has 3 rings (SSSR count). The first-order valence-corrected chi connectivity index (χ1v) is 15.0. The molecular formula is C25H36ClN3O4Si. The summed E-state index contributed by atoms with van der Waals surface area (Å²) in [5.41, 5.74) is 1.25. The van der Waals surface area contributed by atoms with Crippen molar-refractivity contribution in [3.63, 3.8) is 0 Å². The van der Waals surface area contributed by atoms with Crippen LogP contribution in [0.15, 0.2) is 48.5 Å². The minimum Gasteiger partial charge on any atom is -0.491 e. The Balaban J connectivity index is 1.62. The fraction of sp³-hybridized carbons (Fsp3) is 0.520. The highest BCUT2D eigenvalue weighted by Crippen LogP contribution is 2.37. The van der Waals surface area contributed by atoms with Gasteiger partial charge in [-0.3, -0.25) is 15.0 Å². The molecule has 1 fully saturated rings. The van der Waals surface area contributed by atoms with Gasteiger partial charge in [0.15, 0.2) is 8.32 Å². The molecular weight excluding hydrogens is 470 g/mol. The predicted octanol–water partition coefficient (Wildman–Crippen LogP) is 5.84. The fourth-order valence-electron chi connectivity index (χ4n) is 3.70. The highest BCUT2D eigenvalue weighted by Gasteiger charge is 2.39. The monoisotopic (exact) mass is 505 g/mol. The maximum Gasteiger partial charge on any atom is 0.269 e. The Kier molecular flexibility index (Phi) is 8.62. The lowest BCUT2D eigenvalue weighted by molar-refractivity contribution is -0.384.